The van der Waals surface area contributed by atoms with Crippen LogP contribution in [0.2, 0.25) is 0 Å². The Morgan fingerprint density at radius 3 is 2.04 bits per heavy atom. The summed E-state index contributed by atoms with van der Waals surface area (Å²) in [6, 6.07) is 14.9. The zero-order valence-electron chi connectivity index (χ0n) is 14.4. The van der Waals surface area contributed by atoms with Gasteiger partial charge < -0.3 is 10.4 Å². The van der Waals surface area contributed by atoms with Crippen LogP contribution >= 0.6 is 0 Å². The summed E-state index contributed by atoms with van der Waals surface area (Å²) in [6.45, 7) is 4.58. The van der Waals surface area contributed by atoms with Crippen molar-refractivity contribution in [1.29, 1.82) is 0 Å². The summed E-state index contributed by atoms with van der Waals surface area (Å²) >= 11 is 0. The van der Waals surface area contributed by atoms with Crippen LogP contribution in [-0.4, -0.2) is 26.3 Å². The van der Waals surface area contributed by atoms with Gasteiger partial charge in [-0.2, -0.15) is 0 Å². The maximum absolute atomic E-state index is 11.5. The van der Waals surface area contributed by atoms with Crippen LogP contribution in [-0.2, 0) is 16.3 Å². The van der Waals surface area contributed by atoms with Crippen molar-refractivity contribution >= 4 is 9.84 Å². The second-order valence-electron chi connectivity index (χ2n) is 6.08. The Kier molecular flexibility index (Phi) is 6.15. The first kappa shape index (κ1) is 18.6. The van der Waals surface area contributed by atoms with E-state index in [1.807, 2.05) is 0 Å². The Balaban J connectivity index is 1.95. The predicted molar refractivity (Wildman–Crippen MR) is 96.7 cm³/mol. The van der Waals surface area contributed by atoms with Crippen molar-refractivity contribution in [3.05, 3.63) is 65.2 Å². The van der Waals surface area contributed by atoms with Crippen molar-refractivity contribution in [2.45, 2.75) is 37.3 Å². The fourth-order valence-corrected chi connectivity index (χ4v) is 3.13. The number of aliphatic hydroxyl groups is 1. The first-order valence-corrected chi connectivity index (χ1v) is 10.0. The molecule has 0 fully saturated rings. The number of aliphatic hydroxyl groups excluding tert-OH is 1. The number of hydrogen-bond acceptors (Lipinski definition) is 4. The quantitative estimate of drug-likeness (QED) is 0.808. The second kappa shape index (κ2) is 7.92. The van der Waals surface area contributed by atoms with Crippen molar-refractivity contribution in [3.8, 4) is 0 Å². The molecular formula is C19H25NO3S. The monoisotopic (exact) mass is 347 g/mol. The molecule has 2 atom stereocenters. The van der Waals surface area contributed by atoms with Gasteiger partial charge in [-0.3, -0.25) is 0 Å². The highest BCUT2D eigenvalue weighted by molar-refractivity contribution is 7.90. The average molecular weight is 347 g/mol. The van der Waals surface area contributed by atoms with Crippen LogP contribution in [0.4, 0.5) is 0 Å². The maximum atomic E-state index is 11.5. The predicted octanol–water partition coefficient (Wildman–Crippen LogP) is 3.04. The largest absolute Gasteiger partial charge is 0.387 e. The molecular weight excluding hydrogens is 322 g/mol. The van der Waals surface area contributed by atoms with Crippen molar-refractivity contribution < 1.29 is 13.5 Å². The smallest absolute Gasteiger partial charge is 0.175 e. The molecule has 0 amide bonds. The molecule has 0 radical (unpaired) electrons. The highest BCUT2D eigenvalue weighted by Gasteiger charge is 2.12. The van der Waals surface area contributed by atoms with E-state index in [-0.39, 0.29) is 10.9 Å². The van der Waals surface area contributed by atoms with E-state index in [2.05, 4.69) is 43.4 Å². The van der Waals surface area contributed by atoms with Crippen molar-refractivity contribution in [2.75, 3.05) is 12.8 Å². The van der Waals surface area contributed by atoms with E-state index >= 15 is 0 Å². The molecule has 5 heteroatoms. The lowest BCUT2D eigenvalue weighted by Gasteiger charge is -2.18. The van der Waals surface area contributed by atoms with E-state index in [9.17, 15) is 13.5 Å². The van der Waals surface area contributed by atoms with Gasteiger partial charge in [-0.05, 0) is 42.2 Å². The van der Waals surface area contributed by atoms with Crippen LogP contribution in [0.5, 0.6) is 0 Å². The summed E-state index contributed by atoms with van der Waals surface area (Å²) in [7, 11) is -3.21. The fourth-order valence-electron chi connectivity index (χ4n) is 2.50. The van der Waals surface area contributed by atoms with Gasteiger partial charge in [0.2, 0.25) is 0 Å². The molecule has 0 saturated carbocycles. The molecule has 24 heavy (non-hydrogen) atoms. The molecule has 2 rings (SSSR count). The fraction of sp³-hybridized carbons (Fsp3) is 0.368. The second-order valence-corrected chi connectivity index (χ2v) is 8.10. The van der Waals surface area contributed by atoms with Crippen molar-refractivity contribution in [1.82, 2.24) is 5.32 Å². The van der Waals surface area contributed by atoms with E-state index in [1.54, 1.807) is 12.1 Å². The Morgan fingerprint density at radius 1 is 1.00 bits per heavy atom. The Labute approximate surface area is 144 Å². The third-order valence-corrected chi connectivity index (χ3v) is 5.33. The van der Waals surface area contributed by atoms with E-state index in [4.69, 9.17) is 0 Å². The van der Waals surface area contributed by atoms with Crippen molar-refractivity contribution in [2.24, 2.45) is 0 Å². The third kappa shape index (κ3) is 4.90. The molecule has 0 saturated heterocycles. The molecule has 0 aliphatic carbocycles. The minimum atomic E-state index is -3.21. The topological polar surface area (TPSA) is 66.4 Å². The number of rotatable bonds is 7. The zero-order chi connectivity index (χ0) is 17.7. The van der Waals surface area contributed by atoms with Crippen molar-refractivity contribution in [3.63, 3.8) is 0 Å². The van der Waals surface area contributed by atoms with Gasteiger partial charge in [0.15, 0.2) is 9.84 Å². The molecule has 2 N–H and O–H groups in total. The highest BCUT2D eigenvalue weighted by Crippen LogP contribution is 2.18. The van der Waals surface area contributed by atoms with Crippen LogP contribution in [0, 0.1) is 0 Å². The normalized spacial score (nSPS) is 14.3. The Bertz CT molecular complexity index is 752. The lowest BCUT2D eigenvalue weighted by molar-refractivity contribution is 0.170. The molecule has 0 aromatic heterocycles. The molecule has 130 valence electrons. The van der Waals surface area contributed by atoms with Crippen LogP contribution in [0.1, 0.15) is 42.7 Å². The summed E-state index contributed by atoms with van der Waals surface area (Å²) in [5, 5.41) is 13.6. The summed E-state index contributed by atoms with van der Waals surface area (Å²) in [5.41, 5.74) is 3.17. The van der Waals surface area contributed by atoms with Gasteiger partial charge in [-0.1, -0.05) is 43.3 Å². The summed E-state index contributed by atoms with van der Waals surface area (Å²) in [4.78, 5) is 0.260. The number of aryl methyl sites for hydroxylation is 1. The van der Waals surface area contributed by atoms with E-state index in [1.165, 1.54) is 29.5 Å². The van der Waals surface area contributed by atoms with Gasteiger partial charge in [0.05, 0.1) is 11.0 Å². The van der Waals surface area contributed by atoms with Crippen LogP contribution in [0.15, 0.2) is 53.4 Å². The number of hydrogen-bond donors (Lipinski definition) is 2. The lowest BCUT2D eigenvalue weighted by atomic mass is 10.0. The summed E-state index contributed by atoms with van der Waals surface area (Å²) < 4.78 is 22.9. The maximum Gasteiger partial charge on any atom is 0.175 e. The Morgan fingerprint density at radius 2 is 1.54 bits per heavy atom. The van der Waals surface area contributed by atoms with E-state index in [0.717, 1.165) is 6.42 Å². The molecule has 0 spiro atoms. The lowest BCUT2D eigenvalue weighted by Crippen LogP contribution is -2.24. The minimum Gasteiger partial charge on any atom is -0.387 e. The van der Waals surface area contributed by atoms with Crippen LogP contribution in [0.3, 0.4) is 0 Å². The Hall–Kier alpha value is -1.69. The van der Waals surface area contributed by atoms with Crippen LogP contribution < -0.4 is 5.32 Å². The number of sulfone groups is 1. The number of nitrogens with one attached hydrogen (secondary N) is 1. The molecule has 0 aliphatic rings. The molecule has 2 aromatic carbocycles. The van der Waals surface area contributed by atoms with E-state index in [0.29, 0.717) is 12.1 Å². The molecule has 4 nitrogen and oxygen atoms in total. The van der Waals surface area contributed by atoms with Gasteiger partial charge >= 0.3 is 0 Å². The molecule has 0 heterocycles. The average Bonchev–Trinajstić information content (AvgIpc) is 2.58. The molecule has 2 unspecified atom stereocenters. The van der Waals surface area contributed by atoms with Gasteiger partial charge in [-0.25, -0.2) is 8.42 Å². The number of benzene rings is 2. The first-order valence-electron chi connectivity index (χ1n) is 8.11. The van der Waals surface area contributed by atoms with Crippen LogP contribution in [0.25, 0.3) is 0 Å². The first-order chi connectivity index (χ1) is 11.3. The molecule has 2 aromatic rings. The van der Waals surface area contributed by atoms with Gasteiger partial charge in [0.1, 0.15) is 0 Å². The summed E-state index contributed by atoms with van der Waals surface area (Å²) in [5.74, 6) is 0. The van der Waals surface area contributed by atoms with Gasteiger partial charge in [0, 0.05) is 18.8 Å². The molecule has 0 aliphatic heterocycles. The van der Waals surface area contributed by atoms with Gasteiger partial charge in [-0.15, -0.1) is 0 Å². The minimum absolute atomic E-state index is 0.126. The highest BCUT2D eigenvalue weighted by atomic mass is 32.2. The zero-order valence-corrected chi connectivity index (χ0v) is 15.2. The summed E-state index contributed by atoms with van der Waals surface area (Å²) in [6.07, 6.45) is 1.51. The molecule has 0 bridgehead atoms. The van der Waals surface area contributed by atoms with E-state index < -0.39 is 15.9 Å². The SMILES string of the molecule is CCc1ccc(C(C)NCC(O)c2ccc(S(C)(=O)=O)cc2)cc1. The standard InChI is InChI=1S/C19H25NO3S/c1-4-15-5-7-16(8-6-15)14(2)20-13-19(21)17-9-11-18(12-10-17)24(3,22)23/h5-12,14,19-21H,4,13H2,1-3H3. The third-order valence-electron chi connectivity index (χ3n) is 4.20. The van der Waals surface area contributed by atoms with Gasteiger partial charge in [0.25, 0.3) is 0 Å².